The quantitative estimate of drug-likeness (QED) is 0.310. The molecule has 0 amide bonds. The Kier molecular flexibility index (Phi) is 6.41. The molecule has 0 radical (unpaired) electrons. The van der Waals surface area contributed by atoms with E-state index in [1.807, 2.05) is 43.3 Å². The summed E-state index contributed by atoms with van der Waals surface area (Å²) in [6.45, 7) is 4.48. The molecule has 3 aromatic carbocycles. The van der Waals surface area contributed by atoms with E-state index in [0.29, 0.717) is 18.9 Å². The van der Waals surface area contributed by atoms with Crippen LogP contribution in [0.3, 0.4) is 0 Å². The maximum absolute atomic E-state index is 11.5. The van der Waals surface area contributed by atoms with Crippen molar-refractivity contribution in [3.63, 3.8) is 0 Å². The van der Waals surface area contributed by atoms with Crippen molar-refractivity contribution in [1.29, 1.82) is 0 Å². The van der Waals surface area contributed by atoms with Gasteiger partial charge < -0.3 is 14.3 Å². The lowest BCUT2D eigenvalue weighted by Crippen LogP contribution is -2.06. The molecule has 5 rings (SSSR count). The molecule has 0 bridgehead atoms. The second kappa shape index (κ2) is 9.79. The number of fused-ring (bicyclic) bond motifs is 1. The number of rotatable bonds is 8. The van der Waals surface area contributed by atoms with Gasteiger partial charge in [0.25, 0.3) is 0 Å². The molecule has 0 fully saturated rings. The average molecular weight is 468 g/mol. The van der Waals surface area contributed by atoms with Crippen molar-refractivity contribution in [3.05, 3.63) is 94.9 Å². The first-order valence-electron chi connectivity index (χ1n) is 12.1. The summed E-state index contributed by atoms with van der Waals surface area (Å²) in [5, 5.41) is 9.44. The van der Waals surface area contributed by atoms with Gasteiger partial charge in [-0.05, 0) is 79.1 Å². The largest absolute Gasteiger partial charge is 0.493 e. The molecule has 1 N–H and O–H groups in total. The van der Waals surface area contributed by atoms with Gasteiger partial charge in [-0.1, -0.05) is 48.0 Å². The molecule has 0 saturated heterocycles. The number of aromatic nitrogens is 1. The smallest absolute Gasteiger partial charge is 0.303 e. The molecule has 0 saturated carbocycles. The number of hydrogen-bond acceptors (Lipinski definition) is 4. The van der Waals surface area contributed by atoms with Gasteiger partial charge in [-0.15, -0.1) is 0 Å². The minimum atomic E-state index is -0.753. The Bertz CT molecular complexity index is 1360. The molecule has 1 aliphatic rings. The molecule has 1 unspecified atom stereocenters. The van der Waals surface area contributed by atoms with Gasteiger partial charge in [-0.25, -0.2) is 4.98 Å². The van der Waals surface area contributed by atoms with Crippen LogP contribution in [0.5, 0.6) is 5.75 Å². The minimum Gasteiger partial charge on any atom is -0.493 e. The Morgan fingerprint density at radius 3 is 2.63 bits per heavy atom. The Morgan fingerprint density at radius 2 is 1.86 bits per heavy atom. The SMILES string of the molecule is Cc1cccc(-c2cc(OCCc3nc(-c4ccccc4)oc3C)cc3c2C(CC(=O)O)CC3)c1. The fourth-order valence-electron chi connectivity index (χ4n) is 5.03. The number of aryl methyl sites for hydroxylation is 3. The van der Waals surface area contributed by atoms with E-state index in [-0.39, 0.29) is 12.3 Å². The van der Waals surface area contributed by atoms with Gasteiger partial charge in [0, 0.05) is 12.0 Å². The molecule has 35 heavy (non-hydrogen) atoms. The van der Waals surface area contributed by atoms with Crippen LogP contribution in [0.15, 0.2) is 71.1 Å². The number of benzene rings is 3. The van der Waals surface area contributed by atoms with Gasteiger partial charge in [-0.3, -0.25) is 4.79 Å². The van der Waals surface area contributed by atoms with Crippen LogP contribution in [-0.4, -0.2) is 22.7 Å². The molecular formula is C30H29NO4. The van der Waals surface area contributed by atoms with E-state index < -0.39 is 5.97 Å². The fourth-order valence-corrected chi connectivity index (χ4v) is 5.03. The number of ether oxygens (including phenoxy) is 1. The maximum Gasteiger partial charge on any atom is 0.303 e. The molecule has 4 aromatic rings. The first-order chi connectivity index (χ1) is 17.0. The third kappa shape index (κ3) is 4.99. The van der Waals surface area contributed by atoms with Crippen LogP contribution in [0, 0.1) is 13.8 Å². The highest BCUT2D eigenvalue weighted by molar-refractivity contribution is 5.75. The van der Waals surface area contributed by atoms with Crippen molar-refractivity contribution in [2.45, 2.75) is 45.4 Å². The summed E-state index contributed by atoms with van der Waals surface area (Å²) >= 11 is 0. The Morgan fingerprint density at radius 1 is 1.06 bits per heavy atom. The highest BCUT2D eigenvalue weighted by Gasteiger charge is 2.29. The Hall–Kier alpha value is -3.86. The van der Waals surface area contributed by atoms with Gasteiger partial charge in [-0.2, -0.15) is 0 Å². The van der Waals surface area contributed by atoms with E-state index >= 15 is 0 Å². The number of hydrogen-bond donors (Lipinski definition) is 1. The highest BCUT2D eigenvalue weighted by Crippen LogP contribution is 2.44. The summed E-state index contributed by atoms with van der Waals surface area (Å²) in [6.07, 6.45) is 2.51. The van der Waals surface area contributed by atoms with Gasteiger partial charge in [0.2, 0.25) is 5.89 Å². The number of aliphatic carboxylic acids is 1. The monoisotopic (exact) mass is 467 g/mol. The van der Waals surface area contributed by atoms with Gasteiger partial charge in [0.15, 0.2) is 0 Å². The lowest BCUT2D eigenvalue weighted by Gasteiger charge is -2.17. The highest BCUT2D eigenvalue weighted by atomic mass is 16.5. The summed E-state index contributed by atoms with van der Waals surface area (Å²) in [5.74, 6) is 1.51. The van der Waals surface area contributed by atoms with Crippen molar-refractivity contribution in [2.24, 2.45) is 0 Å². The molecule has 5 nitrogen and oxygen atoms in total. The van der Waals surface area contributed by atoms with Crippen molar-refractivity contribution in [2.75, 3.05) is 6.61 Å². The first kappa shape index (κ1) is 22.9. The third-order valence-corrected chi connectivity index (χ3v) is 6.68. The van der Waals surface area contributed by atoms with E-state index in [2.05, 4.69) is 42.2 Å². The molecule has 0 spiro atoms. The fraction of sp³-hybridized carbons (Fsp3) is 0.267. The summed E-state index contributed by atoms with van der Waals surface area (Å²) in [4.78, 5) is 16.2. The molecule has 0 aliphatic heterocycles. The summed E-state index contributed by atoms with van der Waals surface area (Å²) in [7, 11) is 0. The van der Waals surface area contributed by atoms with E-state index in [1.54, 1.807) is 0 Å². The number of oxazole rings is 1. The molecule has 1 atom stereocenters. The zero-order valence-corrected chi connectivity index (χ0v) is 20.1. The summed E-state index contributed by atoms with van der Waals surface area (Å²) in [5.41, 5.74) is 7.55. The standard InChI is InChI=1S/C30H29NO4/c1-19-7-6-10-22(15-19)26-18-25(16-23-11-12-24(29(23)26)17-28(32)33)34-14-13-27-20(2)35-30(31-27)21-8-4-3-5-9-21/h3-10,15-16,18,24H,11-14,17H2,1-2H3,(H,32,33). The van der Waals surface area contributed by atoms with E-state index in [4.69, 9.17) is 9.15 Å². The van der Waals surface area contributed by atoms with Gasteiger partial charge in [0.1, 0.15) is 11.5 Å². The number of carbonyl (C=O) groups is 1. The lowest BCUT2D eigenvalue weighted by atomic mass is 9.89. The Balaban J connectivity index is 1.38. The molecule has 1 aliphatic carbocycles. The topological polar surface area (TPSA) is 72.6 Å². The van der Waals surface area contributed by atoms with E-state index in [1.165, 1.54) is 11.1 Å². The van der Waals surface area contributed by atoms with Crippen molar-refractivity contribution < 1.29 is 19.1 Å². The molecule has 178 valence electrons. The van der Waals surface area contributed by atoms with Crippen molar-refractivity contribution in [1.82, 2.24) is 4.98 Å². The predicted molar refractivity (Wildman–Crippen MR) is 136 cm³/mol. The first-order valence-corrected chi connectivity index (χ1v) is 12.1. The third-order valence-electron chi connectivity index (χ3n) is 6.68. The van der Waals surface area contributed by atoms with Crippen LogP contribution in [0.1, 0.15) is 46.9 Å². The number of nitrogens with zero attached hydrogens (tertiary/aromatic N) is 1. The van der Waals surface area contributed by atoms with Gasteiger partial charge >= 0.3 is 5.97 Å². The predicted octanol–water partition coefficient (Wildman–Crippen LogP) is 6.75. The van der Waals surface area contributed by atoms with Crippen molar-refractivity contribution in [3.8, 4) is 28.3 Å². The van der Waals surface area contributed by atoms with Gasteiger partial charge in [0.05, 0.1) is 18.7 Å². The second-order valence-corrected chi connectivity index (χ2v) is 9.23. The molecule has 1 aromatic heterocycles. The molecule has 5 heteroatoms. The summed E-state index contributed by atoms with van der Waals surface area (Å²) < 4.78 is 12.1. The average Bonchev–Trinajstić information content (AvgIpc) is 3.42. The van der Waals surface area contributed by atoms with E-state index in [0.717, 1.165) is 52.3 Å². The molecule has 1 heterocycles. The number of carboxylic acid groups (broad SMARTS) is 1. The van der Waals surface area contributed by atoms with Crippen LogP contribution >= 0.6 is 0 Å². The van der Waals surface area contributed by atoms with Crippen LogP contribution in [0.4, 0.5) is 0 Å². The molecular weight excluding hydrogens is 438 g/mol. The second-order valence-electron chi connectivity index (χ2n) is 9.23. The Labute approximate surface area is 205 Å². The van der Waals surface area contributed by atoms with Crippen molar-refractivity contribution >= 4 is 5.97 Å². The normalized spacial score (nSPS) is 14.6. The minimum absolute atomic E-state index is 0.0289. The summed E-state index contributed by atoms with van der Waals surface area (Å²) in [6, 6.07) is 22.4. The lowest BCUT2D eigenvalue weighted by molar-refractivity contribution is -0.137. The van der Waals surface area contributed by atoms with Crippen LogP contribution in [0.2, 0.25) is 0 Å². The van der Waals surface area contributed by atoms with Crippen LogP contribution in [0.25, 0.3) is 22.6 Å². The van der Waals surface area contributed by atoms with Crippen LogP contribution in [-0.2, 0) is 17.6 Å². The van der Waals surface area contributed by atoms with Crippen LogP contribution < -0.4 is 4.74 Å². The maximum atomic E-state index is 11.5. The zero-order valence-electron chi connectivity index (χ0n) is 20.1. The number of carboxylic acids is 1. The zero-order chi connectivity index (χ0) is 24.4. The van der Waals surface area contributed by atoms with E-state index in [9.17, 15) is 9.90 Å².